The van der Waals surface area contributed by atoms with Crippen LogP contribution in [0, 0.1) is 0 Å². The van der Waals surface area contributed by atoms with Crippen LogP contribution in [0.5, 0.6) is 0 Å². The Morgan fingerprint density at radius 2 is 1.87 bits per heavy atom. The SMILES string of the molecule is CCSCCCNCCSCC(C)(C)O. The number of nitrogens with one attached hydrogen (secondary N) is 1. The van der Waals surface area contributed by atoms with Crippen molar-refractivity contribution in [2.75, 3.05) is 36.1 Å². The van der Waals surface area contributed by atoms with Gasteiger partial charge in [0.2, 0.25) is 0 Å². The third-order valence-corrected chi connectivity index (χ3v) is 4.11. The number of hydrogen-bond donors (Lipinski definition) is 2. The van der Waals surface area contributed by atoms with Gasteiger partial charge >= 0.3 is 0 Å². The normalized spacial score (nSPS) is 12.0. The highest BCUT2D eigenvalue weighted by Gasteiger charge is 2.11. The molecule has 0 aromatic heterocycles. The van der Waals surface area contributed by atoms with Gasteiger partial charge in [0, 0.05) is 18.1 Å². The van der Waals surface area contributed by atoms with Gasteiger partial charge in [-0.05, 0) is 38.3 Å². The predicted octanol–water partition coefficient (Wildman–Crippen LogP) is 2.22. The minimum Gasteiger partial charge on any atom is -0.390 e. The second kappa shape index (κ2) is 9.82. The fraction of sp³-hybridized carbons (Fsp3) is 1.00. The highest BCUT2D eigenvalue weighted by atomic mass is 32.2. The van der Waals surface area contributed by atoms with E-state index in [2.05, 4.69) is 12.2 Å². The molecule has 92 valence electrons. The molecule has 0 spiro atoms. The molecule has 0 unspecified atom stereocenters. The minimum atomic E-state index is -0.525. The van der Waals surface area contributed by atoms with Gasteiger partial charge in [0.1, 0.15) is 0 Å². The molecule has 0 saturated carbocycles. The van der Waals surface area contributed by atoms with Crippen molar-refractivity contribution in [2.24, 2.45) is 0 Å². The Labute approximate surface area is 103 Å². The average molecular weight is 251 g/mol. The third kappa shape index (κ3) is 14.6. The van der Waals surface area contributed by atoms with Crippen LogP contribution in [0.2, 0.25) is 0 Å². The molecule has 0 radical (unpaired) electrons. The zero-order valence-electron chi connectivity index (χ0n) is 10.2. The van der Waals surface area contributed by atoms with Crippen LogP contribution in [0.3, 0.4) is 0 Å². The molecule has 4 heteroatoms. The maximum Gasteiger partial charge on any atom is 0.0681 e. The first kappa shape index (κ1) is 15.6. The summed E-state index contributed by atoms with van der Waals surface area (Å²) in [5, 5.41) is 12.9. The van der Waals surface area contributed by atoms with E-state index >= 15 is 0 Å². The van der Waals surface area contributed by atoms with Gasteiger partial charge in [-0.25, -0.2) is 0 Å². The van der Waals surface area contributed by atoms with Crippen molar-refractivity contribution in [3.8, 4) is 0 Å². The molecule has 0 saturated heterocycles. The average Bonchev–Trinajstić information content (AvgIpc) is 2.14. The number of hydrogen-bond acceptors (Lipinski definition) is 4. The summed E-state index contributed by atoms with van der Waals surface area (Å²) >= 11 is 3.81. The summed E-state index contributed by atoms with van der Waals surface area (Å²) in [7, 11) is 0. The van der Waals surface area contributed by atoms with E-state index in [4.69, 9.17) is 0 Å². The molecule has 0 aliphatic rings. The smallest absolute Gasteiger partial charge is 0.0681 e. The number of aliphatic hydroxyl groups is 1. The predicted molar refractivity (Wildman–Crippen MR) is 74.1 cm³/mol. The van der Waals surface area contributed by atoms with Gasteiger partial charge in [0.25, 0.3) is 0 Å². The molecule has 2 N–H and O–H groups in total. The first-order valence-electron chi connectivity index (χ1n) is 5.65. The summed E-state index contributed by atoms with van der Waals surface area (Å²) in [5.74, 6) is 4.40. The van der Waals surface area contributed by atoms with Crippen LogP contribution in [0.4, 0.5) is 0 Å². The fourth-order valence-electron chi connectivity index (χ4n) is 1.03. The van der Waals surface area contributed by atoms with Crippen LogP contribution in [0.25, 0.3) is 0 Å². The van der Waals surface area contributed by atoms with Gasteiger partial charge in [0.05, 0.1) is 5.60 Å². The Morgan fingerprint density at radius 3 is 2.47 bits per heavy atom. The lowest BCUT2D eigenvalue weighted by Crippen LogP contribution is -2.24. The molecule has 0 rings (SSSR count). The summed E-state index contributed by atoms with van der Waals surface area (Å²) in [5.41, 5.74) is -0.525. The first-order valence-corrected chi connectivity index (χ1v) is 7.96. The lowest BCUT2D eigenvalue weighted by molar-refractivity contribution is 0.107. The van der Waals surface area contributed by atoms with E-state index in [0.29, 0.717) is 0 Å². The van der Waals surface area contributed by atoms with Gasteiger partial charge in [-0.3, -0.25) is 0 Å². The molecule has 0 aliphatic heterocycles. The molecule has 0 amide bonds. The number of thioether (sulfide) groups is 2. The monoisotopic (exact) mass is 251 g/mol. The van der Waals surface area contributed by atoms with Gasteiger partial charge in [-0.15, -0.1) is 0 Å². The standard InChI is InChI=1S/C11H25NOS2/c1-4-14-8-5-6-12-7-9-15-10-11(2,3)13/h12-13H,4-10H2,1-3H3. The summed E-state index contributed by atoms with van der Waals surface area (Å²) in [4.78, 5) is 0. The quantitative estimate of drug-likeness (QED) is 0.583. The highest BCUT2D eigenvalue weighted by molar-refractivity contribution is 7.99. The molecule has 0 atom stereocenters. The zero-order valence-corrected chi connectivity index (χ0v) is 11.8. The molecular formula is C11H25NOS2. The zero-order chi connectivity index (χ0) is 11.6. The second-order valence-corrected chi connectivity index (χ2v) is 6.66. The Balaban J connectivity index is 2.99. The number of rotatable bonds is 10. The van der Waals surface area contributed by atoms with Gasteiger partial charge < -0.3 is 10.4 Å². The molecule has 2 nitrogen and oxygen atoms in total. The van der Waals surface area contributed by atoms with E-state index in [9.17, 15) is 5.11 Å². The molecule has 0 heterocycles. The van der Waals surface area contributed by atoms with Gasteiger partial charge in [-0.1, -0.05) is 6.92 Å². The van der Waals surface area contributed by atoms with Crippen molar-refractivity contribution in [3.63, 3.8) is 0 Å². The highest BCUT2D eigenvalue weighted by Crippen LogP contribution is 2.10. The molecule has 0 fully saturated rings. The molecule has 0 aromatic carbocycles. The van der Waals surface area contributed by atoms with Crippen LogP contribution in [-0.2, 0) is 0 Å². The van der Waals surface area contributed by atoms with Crippen molar-refractivity contribution in [3.05, 3.63) is 0 Å². The Hall–Kier alpha value is 0.620. The van der Waals surface area contributed by atoms with E-state index in [1.54, 1.807) is 0 Å². The van der Waals surface area contributed by atoms with Crippen molar-refractivity contribution in [1.82, 2.24) is 5.32 Å². The van der Waals surface area contributed by atoms with Crippen LogP contribution in [0.15, 0.2) is 0 Å². The minimum absolute atomic E-state index is 0.525. The summed E-state index contributed by atoms with van der Waals surface area (Å²) < 4.78 is 0. The third-order valence-electron chi connectivity index (χ3n) is 1.72. The topological polar surface area (TPSA) is 32.3 Å². The van der Waals surface area contributed by atoms with Crippen LogP contribution in [-0.4, -0.2) is 46.8 Å². The summed E-state index contributed by atoms with van der Waals surface area (Å²) in [6.45, 7) is 8.09. The molecule has 0 bridgehead atoms. The van der Waals surface area contributed by atoms with Gasteiger partial charge in [-0.2, -0.15) is 23.5 Å². The van der Waals surface area contributed by atoms with E-state index in [1.807, 2.05) is 37.4 Å². The Bertz CT molecular complexity index is 137. The first-order chi connectivity index (χ1) is 7.06. The molecule has 15 heavy (non-hydrogen) atoms. The van der Waals surface area contributed by atoms with Crippen LogP contribution in [0.1, 0.15) is 27.2 Å². The van der Waals surface area contributed by atoms with Gasteiger partial charge in [0.15, 0.2) is 0 Å². The molecular weight excluding hydrogens is 226 g/mol. The summed E-state index contributed by atoms with van der Waals surface area (Å²) in [6, 6.07) is 0. The lowest BCUT2D eigenvalue weighted by atomic mass is 10.2. The van der Waals surface area contributed by atoms with Crippen molar-refractivity contribution in [2.45, 2.75) is 32.8 Å². The second-order valence-electron chi connectivity index (χ2n) is 4.17. The lowest BCUT2D eigenvalue weighted by Gasteiger charge is -2.16. The largest absolute Gasteiger partial charge is 0.390 e. The van der Waals surface area contributed by atoms with Crippen molar-refractivity contribution < 1.29 is 5.11 Å². The van der Waals surface area contributed by atoms with E-state index in [1.165, 1.54) is 17.9 Å². The van der Waals surface area contributed by atoms with Crippen LogP contribution >= 0.6 is 23.5 Å². The van der Waals surface area contributed by atoms with Crippen LogP contribution < -0.4 is 5.32 Å². The summed E-state index contributed by atoms with van der Waals surface area (Å²) in [6.07, 6.45) is 1.26. The maximum atomic E-state index is 9.47. The Kier molecular flexibility index (Phi) is 10.2. The molecule has 0 aliphatic carbocycles. The fourth-order valence-corrected chi connectivity index (χ4v) is 2.60. The maximum absolute atomic E-state index is 9.47. The van der Waals surface area contributed by atoms with Crippen molar-refractivity contribution in [1.29, 1.82) is 0 Å². The Morgan fingerprint density at radius 1 is 1.13 bits per heavy atom. The molecule has 0 aromatic rings. The van der Waals surface area contributed by atoms with E-state index in [-0.39, 0.29) is 0 Å². The van der Waals surface area contributed by atoms with Crippen molar-refractivity contribution >= 4 is 23.5 Å². The van der Waals surface area contributed by atoms with E-state index in [0.717, 1.165) is 24.6 Å². The van der Waals surface area contributed by atoms with E-state index < -0.39 is 5.60 Å².